The molecule has 0 saturated heterocycles. The third kappa shape index (κ3) is 4.03. The molecule has 0 aliphatic heterocycles. The molecule has 0 amide bonds. The van der Waals surface area contributed by atoms with E-state index in [1.165, 1.54) is 6.04 Å². The molecule has 10 heavy (non-hydrogen) atoms. The van der Waals surface area contributed by atoms with Gasteiger partial charge in [0.05, 0.1) is 0 Å². The summed E-state index contributed by atoms with van der Waals surface area (Å²) in [6, 6.07) is 1.18. The summed E-state index contributed by atoms with van der Waals surface area (Å²) in [5.41, 5.74) is 0. The van der Waals surface area contributed by atoms with Crippen LogP contribution < -0.4 is 0 Å². The van der Waals surface area contributed by atoms with E-state index in [1.54, 1.807) is 7.11 Å². The number of methoxy groups -OCH3 is 1. The lowest BCUT2D eigenvalue weighted by Gasteiger charge is -2.17. The molecule has 0 aromatic rings. The van der Waals surface area contributed by atoms with Gasteiger partial charge in [-0.15, -0.1) is 0 Å². The van der Waals surface area contributed by atoms with E-state index in [2.05, 4.69) is 20.4 Å². The van der Waals surface area contributed by atoms with Crippen LogP contribution in [0.4, 0.5) is 0 Å². The van der Waals surface area contributed by atoms with E-state index in [-0.39, 0.29) is 6.29 Å². The van der Waals surface area contributed by atoms with Crippen LogP contribution in [0.25, 0.3) is 0 Å². The zero-order valence-electron chi connectivity index (χ0n) is 7.39. The summed E-state index contributed by atoms with van der Waals surface area (Å²) in [5, 5.41) is 0. The predicted molar refractivity (Wildman–Crippen MR) is 45.7 cm³/mol. The van der Waals surface area contributed by atoms with Crippen LogP contribution in [0, 0.1) is 0 Å². The van der Waals surface area contributed by atoms with Gasteiger partial charge in [0, 0.05) is 7.11 Å². The van der Waals surface area contributed by atoms with Gasteiger partial charge in [-0.25, -0.2) is 0 Å². The maximum Gasteiger partial charge on any atom is 0.177 e. The topological polar surface area (TPSA) is 18.5 Å². The normalized spacial score (nSPS) is 16.8. The van der Waals surface area contributed by atoms with Crippen molar-refractivity contribution in [2.45, 2.75) is 39.1 Å². The van der Waals surface area contributed by atoms with Gasteiger partial charge in [0.2, 0.25) is 0 Å². The molecule has 0 radical (unpaired) electrons. The Morgan fingerprint density at radius 3 is 2.30 bits per heavy atom. The van der Waals surface area contributed by atoms with E-state index in [4.69, 9.17) is 9.16 Å². The maximum absolute atomic E-state index is 5.61. The molecule has 0 bridgehead atoms. The number of rotatable bonds is 5. The molecule has 0 aliphatic carbocycles. The van der Waals surface area contributed by atoms with Gasteiger partial charge in [-0.2, -0.15) is 0 Å². The third-order valence-corrected chi connectivity index (χ3v) is 3.47. The monoisotopic (exact) mass is 162 g/mol. The van der Waals surface area contributed by atoms with Crippen molar-refractivity contribution in [3.05, 3.63) is 0 Å². The van der Waals surface area contributed by atoms with Gasteiger partial charge in [0.15, 0.2) is 9.04 Å². The minimum atomic E-state index is -0.899. The van der Waals surface area contributed by atoms with E-state index in [0.717, 1.165) is 6.42 Å². The Kier molecular flexibility index (Phi) is 5.97. The first-order chi connectivity index (χ1) is 4.74. The molecule has 0 aromatic carbocycles. The molecule has 0 N–H and O–H groups in total. The van der Waals surface area contributed by atoms with Crippen LogP contribution in [-0.4, -0.2) is 22.4 Å². The SMILES string of the molecule is CCC(OC)O[SiH](C)CC. The van der Waals surface area contributed by atoms with E-state index in [9.17, 15) is 0 Å². The molecule has 62 valence electrons. The molecular formula is C7H18O2Si. The van der Waals surface area contributed by atoms with Gasteiger partial charge in [-0.05, 0) is 19.0 Å². The summed E-state index contributed by atoms with van der Waals surface area (Å²) in [6.07, 6.45) is 0.995. The fourth-order valence-corrected chi connectivity index (χ4v) is 1.69. The van der Waals surface area contributed by atoms with Gasteiger partial charge in [0.1, 0.15) is 6.29 Å². The average molecular weight is 162 g/mol. The standard InChI is InChI=1S/C7H18O2Si/c1-5-7(8-3)9-10(4)6-2/h7,10H,5-6H2,1-4H3. The van der Waals surface area contributed by atoms with Crippen molar-refractivity contribution in [2.24, 2.45) is 0 Å². The van der Waals surface area contributed by atoms with Crippen molar-refractivity contribution >= 4 is 9.04 Å². The Bertz CT molecular complexity index is 74.0. The highest BCUT2D eigenvalue weighted by molar-refractivity contribution is 6.50. The summed E-state index contributed by atoms with van der Waals surface area (Å²) >= 11 is 0. The first-order valence-corrected chi connectivity index (χ1v) is 6.37. The van der Waals surface area contributed by atoms with Crippen LogP contribution in [0.1, 0.15) is 20.3 Å². The Labute approximate surface area is 65.3 Å². The second-order valence-corrected chi connectivity index (χ2v) is 5.14. The molecule has 2 unspecified atom stereocenters. The Balaban J connectivity index is 3.41. The number of hydrogen-bond donors (Lipinski definition) is 0. The van der Waals surface area contributed by atoms with Crippen molar-refractivity contribution in [3.63, 3.8) is 0 Å². The van der Waals surface area contributed by atoms with Crippen molar-refractivity contribution in [1.82, 2.24) is 0 Å². The molecule has 0 spiro atoms. The van der Waals surface area contributed by atoms with Crippen LogP contribution in [0.15, 0.2) is 0 Å². The number of hydrogen-bond acceptors (Lipinski definition) is 2. The first-order valence-electron chi connectivity index (χ1n) is 3.92. The molecule has 2 atom stereocenters. The minimum absolute atomic E-state index is 0.0432. The zero-order valence-corrected chi connectivity index (χ0v) is 8.54. The maximum atomic E-state index is 5.61. The molecule has 0 aromatic heterocycles. The van der Waals surface area contributed by atoms with Crippen LogP contribution in [0.3, 0.4) is 0 Å². The molecule has 0 saturated carbocycles. The molecule has 3 heteroatoms. The smallest absolute Gasteiger partial charge is 0.177 e. The fourth-order valence-electron chi connectivity index (χ4n) is 0.674. The van der Waals surface area contributed by atoms with E-state index >= 15 is 0 Å². The lowest BCUT2D eigenvalue weighted by molar-refractivity contribution is -0.0573. The lowest BCUT2D eigenvalue weighted by Crippen LogP contribution is -2.23. The zero-order chi connectivity index (χ0) is 7.98. The quantitative estimate of drug-likeness (QED) is 0.453. The first kappa shape index (κ1) is 10.1. The van der Waals surface area contributed by atoms with Crippen molar-refractivity contribution in [2.75, 3.05) is 7.11 Å². The Morgan fingerprint density at radius 2 is 2.00 bits per heavy atom. The van der Waals surface area contributed by atoms with Crippen molar-refractivity contribution < 1.29 is 9.16 Å². The highest BCUT2D eigenvalue weighted by atomic mass is 28.3. The predicted octanol–water partition coefficient (Wildman–Crippen LogP) is 1.76. The van der Waals surface area contributed by atoms with Crippen LogP contribution in [-0.2, 0) is 9.16 Å². The van der Waals surface area contributed by atoms with Crippen LogP contribution in [0.5, 0.6) is 0 Å². The van der Waals surface area contributed by atoms with Crippen LogP contribution in [0.2, 0.25) is 12.6 Å². The van der Waals surface area contributed by atoms with Crippen molar-refractivity contribution in [3.8, 4) is 0 Å². The fraction of sp³-hybridized carbons (Fsp3) is 1.00. The molecule has 0 heterocycles. The average Bonchev–Trinajstić information content (AvgIpc) is 1.99. The molecule has 0 aliphatic rings. The second-order valence-electron chi connectivity index (χ2n) is 2.43. The van der Waals surface area contributed by atoms with Crippen molar-refractivity contribution in [1.29, 1.82) is 0 Å². The second kappa shape index (κ2) is 5.89. The largest absolute Gasteiger partial charge is 0.396 e. The summed E-state index contributed by atoms with van der Waals surface area (Å²) in [5.74, 6) is 0. The number of ether oxygens (including phenoxy) is 1. The molecule has 2 nitrogen and oxygen atoms in total. The van der Waals surface area contributed by atoms with Gasteiger partial charge in [-0.1, -0.05) is 13.8 Å². The molecule has 0 fully saturated rings. The van der Waals surface area contributed by atoms with E-state index in [1.807, 2.05) is 0 Å². The minimum Gasteiger partial charge on any atom is -0.396 e. The van der Waals surface area contributed by atoms with Crippen LogP contribution >= 0.6 is 0 Å². The van der Waals surface area contributed by atoms with E-state index in [0.29, 0.717) is 0 Å². The molecular weight excluding hydrogens is 144 g/mol. The van der Waals surface area contributed by atoms with Gasteiger partial charge in [0.25, 0.3) is 0 Å². The summed E-state index contributed by atoms with van der Waals surface area (Å²) in [6.45, 7) is 6.44. The summed E-state index contributed by atoms with van der Waals surface area (Å²) < 4.78 is 10.7. The van der Waals surface area contributed by atoms with Gasteiger partial charge < -0.3 is 9.16 Å². The van der Waals surface area contributed by atoms with E-state index < -0.39 is 9.04 Å². The lowest BCUT2D eigenvalue weighted by atomic mass is 10.5. The summed E-state index contributed by atoms with van der Waals surface area (Å²) in [7, 11) is 0.800. The van der Waals surface area contributed by atoms with Gasteiger partial charge in [-0.3, -0.25) is 0 Å². The highest BCUT2D eigenvalue weighted by Crippen LogP contribution is 2.03. The molecule has 0 rings (SSSR count). The summed E-state index contributed by atoms with van der Waals surface area (Å²) in [4.78, 5) is 0. The highest BCUT2D eigenvalue weighted by Gasteiger charge is 2.08. The third-order valence-electron chi connectivity index (χ3n) is 1.56. The Hall–Kier alpha value is 0.137. The van der Waals surface area contributed by atoms with Gasteiger partial charge >= 0.3 is 0 Å². The Morgan fingerprint density at radius 1 is 1.40 bits per heavy atom.